The minimum atomic E-state index is -0.164. The lowest BCUT2D eigenvalue weighted by molar-refractivity contribution is 0.179. The topological polar surface area (TPSA) is 29.3 Å². The molecule has 0 amide bonds. The van der Waals surface area contributed by atoms with Gasteiger partial charge in [0.1, 0.15) is 5.82 Å². The fourth-order valence-electron chi connectivity index (χ4n) is 3.25. The number of nitrogens with zero attached hydrogens (tertiary/aromatic N) is 1. The van der Waals surface area contributed by atoms with Crippen LogP contribution in [0.3, 0.4) is 0 Å². The van der Waals surface area contributed by atoms with Crippen molar-refractivity contribution in [3.63, 3.8) is 0 Å². The second-order valence-corrected chi connectivity index (χ2v) is 6.76. The fourth-order valence-corrected chi connectivity index (χ4v) is 3.25. The maximum atomic E-state index is 13.7. The maximum Gasteiger partial charge on any atom is 0.123 e. The molecule has 2 N–H and O–H groups in total. The minimum absolute atomic E-state index is 0.164. The van der Waals surface area contributed by atoms with Crippen LogP contribution in [0.2, 0.25) is 0 Å². The van der Waals surface area contributed by atoms with E-state index in [1.54, 1.807) is 6.07 Å². The van der Waals surface area contributed by atoms with Gasteiger partial charge in [-0.3, -0.25) is 4.90 Å². The average molecular weight is 292 g/mol. The van der Waals surface area contributed by atoms with Crippen molar-refractivity contribution in [2.24, 2.45) is 11.7 Å². The monoisotopic (exact) mass is 292 g/mol. The molecule has 0 heterocycles. The zero-order valence-corrected chi connectivity index (χ0v) is 13.4. The Morgan fingerprint density at radius 2 is 1.86 bits per heavy atom. The van der Waals surface area contributed by atoms with E-state index in [2.05, 4.69) is 24.8 Å². The van der Waals surface area contributed by atoms with E-state index in [1.165, 1.54) is 38.2 Å². The molecule has 2 rings (SSSR count). The number of benzene rings is 1. The molecule has 21 heavy (non-hydrogen) atoms. The van der Waals surface area contributed by atoms with Crippen LogP contribution in [-0.2, 0) is 13.1 Å². The van der Waals surface area contributed by atoms with Gasteiger partial charge in [-0.1, -0.05) is 32.8 Å². The summed E-state index contributed by atoms with van der Waals surface area (Å²) in [5.41, 5.74) is 7.61. The van der Waals surface area contributed by atoms with E-state index >= 15 is 0 Å². The predicted molar refractivity (Wildman–Crippen MR) is 86.4 cm³/mol. The Morgan fingerprint density at radius 1 is 1.19 bits per heavy atom. The molecule has 0 radical (unpaired) electrons. The Hall–Kier alpha value is -0.930. The van der Waals surface area contributed by atoms with Gasteiger partial charge in [-0.2, -0.15) is 0 Å². The highest BCUT2D eigenvalue weighted by Gasteiger charge is 2.22. The highest BCUT2D eigenvalue weighted by atomic mass is 19.1. The lowest BCUT2D eigenvalue weighted by Crippen LogP contribution is -2.34. The summed E-state index contributed by atoms with van der Waals surface area (Å²) < 4.78 is 13.7. The first-order chi connectivity index (χ1) is 10.1. The van der Waals surface area contributed by atoms with Crippen molar-refractivity contribution in [3.8, 4) is 0 Å². The first-order valence-electron chi connectivity index (χ1n) is 8.31. The van der Waals surface area contributed by atoms with Gasteiger partial charge in [-0.25, -0.2) is 4.39 Å². The van der Waals surface area contributed by atoms with Gasteiger partial charge in [0.25, 0.3) is 0 Å². The molecule has 1 aliphatic carbocycles. The van der Waals surface area contributed by atoms with E-state index < -0.39 is 0 Å². The molecule has 1 fully saturated rings. The molecule has 0 atom stereocenters. The number of hydrogen-bond donors (Lipinski definition) is 1. The van der Waals surface area contributed by atoms with Gasteiger partial charge in [-0.15, -0.1) is 0 Å². The van der Waals surface area contributed by atoms with Gasteiger partial charge < -0.3 is 5.73 Å². The Balaban J connectivity index is 2.07. The highest BCUT2D eigenvalue weighted by molar-refractivity contribution is 5.24. The lowest BCUT2D eigenvalue weighted by Gasteiger charge is -2.29. The number of halogens is 1. The van der Waals surface area contributed by atoms with Crippen molar-refractivity contribution < 1.29 is 4.39 Å². The molecular formula is C18H29FN2. The minimum Gasteiger partial charge on any atom is -0.326 e. The third-order valence-corrected chi connectivity index (χ3v) is 4.47. The van der Waals surface area contributed by atoms with Gasteiger partial charge in [0.05, 0.1) is 0 Å². The molecule has 1 aromatic rings. The molecule has 118 valence electrons. The van der Waals surface area contributed by atoms with Crippen LogP contribution >= 0.6 is 0 Å². The van der Waals surface area contributed by atoms with Crippen LogP contribution in [0.5, 0.6) is 0 Å². The molecule has 0 spiro atoms. The standard InChI is InChI=1S/C18H29FN2/c1-14(2)7-8-21(18-5-3-4-6-18)13-16-9-15(12-20)10-17(19)11-16/h9-11,14,18H,3-8,12-13,20H2,1-2H3. The fraction of sp³-hybridized carbons (Fsp3) is 0.667. The van der Waals surface area contributed by atoms with Crippen molar-refractivity contribution >= 4 is 0 Å². The van der Waals surface area contributed by atoms with Crippen molar-refractivity contribution in [2.75, 3.05) is 6.54 Å². The van der Waals surface area contributed by atoms with Gasteiger partial charge in [0, 0.05) is 19.1 Å². The first-order valence-corrected chi connectivity index (χ1v) is 8.31. The molecule has 0 unspecified atom stereocenters. The van der Waals surface area contributed by atoms with E-state index in [9.17, 15) is 4.39 Å². The molecule has 0 aromatic heterocycles. The number of nitrogens with two attached hydrogens (primary N) is 1. The van der Waals surface area contributed by atoms with Crippen LogP contribution in [0, 0.1) is 11.7 Å². The molecule has 1 aliphatic rings. The Morgan fingerprint density at radius 3 is 2.48 bits per heavy atom. The molecule has 1 saturated carbocycles. The molecule has 2 nitrogen and oxygen atoms in total. The average Bonchev–Trinajstić information content (AvgIpc) is 2.96. The van der Waals surface area contributed by atoms with Crippen LogP contribution in [0.4, 0.5) is 4.39 Å². The molecule has 3 heteroatoms. The van der Waals surface area contributed by atoms with Crippen molar-refractivity contribution in [1.29, 1.82) is 0 Å². The second kappa shape index (κ2) is 7.90. The van der Waals surface area contributed by atoms with Gasteiger partial charge >= 0.3 is 0 Å². The van der Waals surface area contributed by atoms with Crippen LogP contribution in [0.1, 0.15) is 57.1 Å². The van der Waals surface area contributed by atoms with Crippen LogP contribution < -0.4 is 5.73 Å². The smallest absolute Gasteiger partial charge is 0.123 e. The summed E-state index contributed by atoms with van der Waals surface area (Å²) in [7, 11) is 0. The molecule has 1 aromatic carbocycles. The lowest BCUT2D eigenvalue weighted by atomic mass is 10.1. The third kappa shape index (κ3) is 5.08. The molecular weight excluding hydrogens is 263 g/mol. The number of rotatable bonds is 7. The Kier molecular flexibility index (Phi) is 6.19. The Labute approximate surface area is 128 Å². The van der Waals surface area contributed by atoms with Crippen LogP contribution in [0.25, 0.3) is 0 Å². The largest absolute Gasteiger partial charge is 0.326 e. The van der Waals surface area contributed by atoms with Gasteiger partial charge in [0.2, 0.25) is 0 Å². The molecule has 0 bridgehead atoms. The van der Waals surface area contributed by atoms with E-state index in [0.29, 0.717) is 18.5 Å². The summed E-state index contributed by atoms with van der Waals surface area (Å²) in [5.74, 6) is 0.546. The maximum absolute atomic E-state index is 13.7. The first kappa shape index (κ1) is 16.4. The van der Waals surface area contributed by atoms with E-state index in [0.717, 1.165) is 24.2 Å². The van der Waals surface area contributed by atoms with E-state index in [1.807, 2.05) is 0 Å². The van der Waals surface area contributed by atoms with Crippen molar-refractivity contribution in [3.05, 3.63) is 35.1 Å². The normalized spacial score (nSPS) is 16.3. The third-order valence-electron chi connectivity index (χ3n) is 4.47. The van der Waals surface area contributed by atoms with Crippen LogP contribution in [-0.4, -0.2) is 17.5 Å². The van der Waals surface area contributed by atoms with E-state index in [4.69, 9.17) is 5.73 Å². The predicted octanol–water partition coefficient (Wildman–Crippen LogP) is 4.08. The van der Waals surface area contributed by atoms with Gasteiger partial charge in [0.15, 0.2) is 0 Å². The van der Waals surface area contributed by atoms with Crippen LogP contribution in [0.15, 0.2) is 18.2 Å². The second-order valence-electron chi connectivity index (χ2n) is 6.76. The zero-order valence-electron chi connectivity index (χ0n) is 13.4. The quantitative estimate of drug-likeness (QED) is 0.820. The van der Waals surface area contributed by atoms with Crippen molar-refractivity contribution in [1.82, 2.24) is 4.90 Å². The SMILES string of the molecule is CC(C)CCN(Cc1cc(F)cc(CN)c1)C1CCCC1. The summed E-state index contributed by atoms with van der Waals surface area (Å²) in [6.45, 7) is 6.89. The molecule has 0 aliphatic heterocycles. The highest BCUT2D eigenvalue weighted by Crippen LogP contribution is 2.26. The van der Waals surface area contributed by atoms with E-state index in [-0.39, 0.29) is 5.82 Å². The van der Waals surface area contributed by atoms with Crippen molar-refractivity contribution in [2.45, 2.75) is 65.1 Å². The summed E-state index contributed by atoms with van der Waals surface area (Å²) in [6, 6.07) is 5.93. The number of hydrogen-bond acceptors (Lipinski definition) is 2. The summed E-state index contributed by atoms with van der Waals surface area (Å²) >= 11 is 0. The summed E-state index contributed by atoms with van der Waals surface area (Å²) in [4.78, 5) is 2.56. The molecule has 0 saturated heterocycles. The van der Waals surface area contributed by atoms with Gasteiger partial charge in [-0.05, 0) is 55.0 Å². The summed E-state index contributed by atoms with van der Waals surface area (Å²) in [6.07, 6.45) is 6.45. The Bertz CT molecular complexity index is 439. The zero-order chi connectivity index (χ0) is 15.2. The summed E-state index contributed by atoms with van der Waals surface area (Å²) in [5, 5.41) is 0.